The molecule has 1 aromatic heterocycles. The topological polar surface area (TPSA) is 181 Å². The molecule has 0 radical (unpaired) electrons. The first-order valence-corrected chi connectivity index (χ1v) is 7.43. The Kier molecular flexibility index (Phi) is 5.71. The zero-order valence-electron chi connectivity index (χ0n) is 12.5. The van der Waals surface area contributed by atoms with Crippen molar-refractivity contribution in [2.24, 2.45) is 4.99 Å². The molecule has 2 heterocycles. The highest BCUT2D eigenvalue weighted by atomic mass is 35.5. The maximum atomic E-state index is 12.2. The highest BCUT2D eigenvalue weighted by Crippen LogP contribution is 2.17. The molecule has 0 unspecified atom stereocenters. The Hall–Kier alpha value is -2.66. The van der Waals surface area contributed by atoms with Crippen LogP contribution in [0.1, 0.15) is 23.3 Å². The predicted octanol–water partition coefficient (Wildman–Crippen LogP) is -0.600. The highest BCUT2D eigenvalue weighted by molar-refractivity contribution is 6.31. The van der Waals surface area contributed by atoms with Gasteiger partial charge in [-0.2, -0.15) is 0 Å². The lowest BCUT2D eigenvalue weighted by Crippen LogP contribution is -2.49. The normalized spacial score (nSPS) is 15.8. The van der Waals surface area contributed by atoms with Crippen LogP contribution in [0.4, 0.5) is 16.4 Å². The summed E-state index contributed by atoms with van der Waals surface area (Å²) in [4.78, 5) is 33.9. The number of nitrogens with zero attached hydrogens (tertiary/aromatic N) is 3. The first-order chi connectivity index (χ1) is 11.4. The van der Waals surface area contributed by atoms with Crippen molar-refractivity contribution in [1.82, 2.24) is 25.9 Å². The van der Waals surface area contributed by atoms with Crippen LogP contribution in [-0.4, -0.2) is 52.2 Å². The number of guanidine groups is 1. The van der Waals surface area contributed by atoms with Crippen LogP contribution in [0, 0.1) is 0 Å². The molecular formula is C12H17ClN8O3. The number of carbonyl (C=O) groups excluding carboxylic acids is 1. The fraction of sp³-hybridized carbons (Fsp3) is 0.417. The van der Waals surface area contributed by atoms with E-state index >= 15 is 0 Å². The van der Waals surface area contributed by atoms with Gasteiger partial charge in [-0.3, -0.25) is 10.1 Å². The van der Waals surface area contributed by atoms with E-state index in [1.54, 1.807) is 0 Å². The summed E-state index contributed by atoms with van der Waals surface area (Å²) in [6, 6.07) is -0.0249. The van der Waals surface area contributed by atoms with Crippen molar-refractivity contribution >= 4 is 41.2 Å². The molecule has 2 amide bonds. The third-order valence-corrected chi connectivity index (χ3v) is 3.52. The second kappa shape index (κ2) is 7.75. The van der Waals surface area contributed by atoms with E-state index in [4.69, 9.17) is 28.2 Å². The first kappa shape index (κ1) is 17.7. The summed E-state index contributed by atoms with van der Waals surface area (Å²) < 4.78 is 0. The molecule has 0 saturated carbocycles. The van der Waals surface area contributed by atoms with Gasteiger partial charge in [0.05, 0.1) is 0 Å². The fourth-order valence-electron chi connectivity index (χ4n) is 2.13. The molecule has 8 N–H and O–H groups in total. The molecule has 11 nitrogen and oxygen atoms in total. The number of anilines is 2. The summed E-state index contributed by atoms with van der Waals surface area (Å²) >= 11 is 5.73. The van der Waals surface area contributed by atoms with Gasteiger partial charge in [0.15, 0.2) is 22.5 Å². The van der Waals surface area contributed by atoms with Crippen molar-refractivity contribution in [1.29, 1.82) is 0 Å². The van der Waals surface area contributed by atoms with Gasteiger partial charge in [-0.15, -0.1) is 4.99 Å². The van der Waals surface area contributed by atoms with Gasteiger partial charge < -0.3 is 27.2 Å². The van der Waals surface area contributed by atoms with Gasteiger partial charge in [0.1, 0.15) is 0 Å². The van der Waals surface area contributed by atoms with Gasteiger partial charge in [-0.25, -0.2) is 14.8 Å². The molecule has 1 aromatic rings. The van der Waals surface area contributed by atoms with Crippen molar-refractivity contribution in [3.63, 3.8) is 0 Å². The molecule has 24 heavy (non-hydrogen) atoms. The Morgan fingerprint density at radius 2 is 1.92 bits per heavy atom. The van der Waals surface area contributed by atoms with E-state index < -0.39 is 12.0 Å². The van der Waals surface area contributed by atoms with Crippen LogP contribution in [0.25, 0.3) is 0 Å². The molecular weight excluding hydrogens is 340 g/mol. The number of rotatable bonds is 2. The van der Waals surface area contributed by atoms with Gasteiger partial charge >= 0.3 is 6.09 Å². The number of aliphatic imine (C=N–C) groups is 1. The van der Waals surface area contributed by atoms with E-state index in [0.717, 1.165) is 25.9 Å². The van der Waals surface area contributed by atoms with Crippen molar-refractivity contribution in [3.8, 4) is 0 Å². The number of hydrogen-bond donors (Lipinski definition) is 6. The molecule has 2 rings (SSSR count). The van der Waals surface area contributed by atoms with Gasteiger partial charge in [0, 0.05) is 6.04 Å². The van der Waals surface area contributed by atoms with Crippen LogP contribution in [0.5, 0.6) is 0 Å². The van der Waals surface area contributed by atoms with Crippen LogP contribution >= 0.6 is 11.6 Å². The molecule has 1 fully saturated rings. The summed E-state index contributed by atoms with van der Waals surface area (Å²) in [6.45, 7) is 1.55. The minimum Gasteiger partial charge on any atom is -0.463 e. The number of halogens is 1. The molecule has 1 aliphatic rings. The van der Waals surface area contributed by atoms with E-state index in [1.807, 2.05) is 0 Å². The zero-order valence-corrected chi connectivity index (χ0v) is 13.3. The van der Waals surface area contributed by atoms with Crippen LogP contribution in [-0.2, 0) is 0 Å². The van der Waals surface area contributed by atoms with Crippen molar-refractivity contribution in [3.05, 3.63) is 10.8 Å². The highest BCUT2D eigenvalue weighted by Gasteiger charge is 2.20. The Balaban J connectivity index is 2.15. The Morgan fingerprint density at radius 1 is 1.25 bits per heavy atom. The number of hydrogen-bond acceptors (Lipinski definition) is 7. The molecule has 1 saturated heterocycles. The number of amides is 2. The predicted molar refractivity (Wildman–Crippen MR) is 87.8 cm³/mol. The number of nitrogen functional groups attached to an aromatic ring is 2. The SMILES string of the molecule is Nc1nc(N)c(C(=O)NC(=NC(=O)O)NC2CCNCC2)nc1Cl. The van der Waals surface area contributed by atoms with E-state index in [2.05, 4.69) is 30.9 Å². The number of carboxylic acid groups (broad SMARTS) is 1. The molecule has 1 aliphatic heterocycles. The van der Waals surface area contributed by atoms with Crippen molar-refractivity contribution in [2.75, 3.05) is 24.6 Å². The van der Waals surface area contributed by atoms with Crippen LogP contribution in [0.15, 0.2) is 4.99 Å². The van der Waals surface area contributed by atoms with Gasteiger partial charge in [0.25, 0.3) is 5.91 Å². The van der Waals surface area contributed by atoms with Crippen LogP contribution in [0.3, 0.4) is 0 Å². The second-order valence-corrected chi connectivity index (χ2v) is 5.36. The largest absolute Gasteiger partial charge is 0.463 e. The molecule has 0 spiro atoms. The average Bonchev–Trinajstić information content (AvgIpc) is 2.51. The average molecular weight is 357 g/mol. The zero-order chi connectivity index (χ0) is 17.7. The molecule has 0 aromatic carbocycles. The fourth-order valence-corrected chi connectivity index (χ4v) is 2.25. The van der Waals surface area contributed by atoms with Crippen molar-refractivity contribution < 1.29 is 14.7 Å². The van der Waals surface area contributed by atoms with E-state index in [0.29, 0.717) is 0 Å². The van der Waals surface area contributed by atoms with Gasteiger partial charge in [0.2, 0.25) is 5.96 Å². The minimum atomic E-state index is -1.46. The number of nitrogens with two attached hydrogens (primary N) is 2. The summed E-state index contributed by atoms with van der Waals surface area (Å²) in [5.41, 5.74) is 10.8. The Bertz CT molecular complexity index is 675. The number of piperidine rings is 1. The van der Waals surface area contributed by atoms with E-state index in [9.17, 15) is 9.59 Å². The second-order valence-electron chi connectivity index (χ2n) is 5.00. The summed E-state index contributed by atoms with van der Waals surface area (Å²) in [6.07, 6.45) is 0.0510. The third-order valence-electron chi connectivity index (χ3n) is 3.24. The summed E-state index contributed by atoms with van der Waals surface area (Å²) in [5, 5.41) is 17.0. The van der Waals surface area contributed by atoms with E-state index in [-0.39, 0.29) is 34.5 Å². The Labute approximate surface area is 141 Å². The standard InChI is InChI=1S/C12H17ClN8O3/c13-7-9(15)19-8(14)6(18-7)10(22)20-11(21-12(23)24)17-5-1-3-16-4-2-5/h5,16H,1-4H2,(H,23,24)(H4,14,15,19)(H2,17,20,21,22). The van der Waals surface area contributed by atoms with E-state index in [1.165, 1.54) is 0 Å². The van der Waals surface area contributed by atoms with Crippen LogP contribution < -0.4 is 27.4 Å². The maximum Gasteiger partial charge on any atom is 0.434 e. The maximum absolute atomic E-state index is 12.2. The van der Waals surface area contributed by atoms with Crippen molar-refractivity contribution in [2.45, 2.75) is 18.9 Å². The first-order valence-electron chi connectivity index (χ1n) is 7.05. The lowest BCUT2D eigenvalue weighted by molar-refractivity contribution is 0.0971. The molecule has 130 valence electrons. The Morgan fingerprint density at radius 3 is 2.54 bits per heavy atom. The lowest BCUT2D eigenvalue weighted by atomic mass is 10.1. The molecule has 12 heteroatoms. The molecule has 0 aliphatic carbocycles. The molecule has 0 bridgehead atoms. The number of aromatic nitrogens is 2. The van der Waals surface area contributed by atoms with Crippen LogP contribution in [0.2, 0.25) is 5.15 Å². The number of carbonyl (C=O) groups is 2. The summed E-state index contributed by atoms with van der Waals surface area (Å²) in [7, 11) is 0. The van der Waals surface area contributed by atoms with Gasteiger partial charge in [-0.1, -0.05) is 11.6 Å². The smallest absolute Gasteiger partial charge is 0.434 e. The van der Waals surface area contributed by atoms with Gasteiger partial charge in [-0.05, 0) is 25.9 Å². The summed E-state index contributed by atoms with van der Waals surface area (Å²) in [5.74, 6) is -1.36. The number of nitrogens with one attached hydrogen (secondary N) is 3. The minimum absolute atomic E-state index is 0.0249. The monoisotopic (exact) mass is 356 g/mol. The lowest BCUT2D eigenvalue weighted by Gasteiger charge is -2.25. The quantitative estimate of drug-likeness (QED) is 0.297. The molecule has 0 atom stereocenters. The third kappa shape index (κ3) is 4.67.